The van der Waals surface area contributed by atoms with Crippen LogP contribution in [0.15, 0.2) is 54.6 Å². The molecule has 3 aromatic rings. The van der Waals surface area contributed by atoms with E-state index >= 15 is 0 Å². The van der Waals surface area contributed by atoms with E-state index in [0.29, 0.717) is 23.9 Å². The predicted molar refractivity (Wildman–Crippen MR) is 155 cm³/mol. The van der Waals surface area contributed by atoms with Gasteiger partial charge < -0.3 is 13.7 Å². The minimum absolute atomic E-state index is 0.102. The second kappa shape index (κ2) is 12.2. The molecule has 0 unspecified atom stereocenters. The highest BCUT2D eigenvalue weighted by Crippen LogP contribution is 2.37. The third-order valence-corrected chi connectivity index (χ3v) is 11.9. The molecule has 3 rings (SSSR count). The number of carbonyl (C=O) groups is 1. The van der Waals surface area contributed by atoms with Crippen LogP contribution in [0.1, 0.15) is 68.0 Å². The van der Waals surface area contributed by atoms with Gasteiger partial charge in [-0.25, -0.2) is 9.78 Å². The van der Waals surface area contributed by atoms with Crippen LogP contribution >= 0.6 is 11.6 Å². The topological polar surface area (TPSA) is 53.4 Å². The average molecular weight is 539 g/mol. The van der Waals surface area contributed by atoms with Crippen molar-refractivity contribution >= 4 is 32.0 Å². The number of carbonyl (C=O) groups excluding carboxylic acids is 1. The van der Waals surface area contributed by atoms with Gasteiger partial charge in [0.05, 0.1) is 25.0 Å². The summed E-state index contributed by atoms with van der Waals surface area (Å²) in [5.41, 5.74) is 4.35. The Labute approximate surface area is 227 Å². The minimum Gasteiger partial charge on any atom is -0.465 e. The summed E-state index contributed by atoms with van der Waals surface area (Å²) >= 11 is 6.66. The number of aromatic nitrogens is 2. The Hall–Kier alpha value is -2.67. The van der Waals surface area contributed by atoms with Crippen molar-refractivity contribution in [3.05, 3.63) is 82.4 Å². The second-order valence-corrected chi connectivity index (χ2v) is 15.9. The molecule has 0 aliphatic heterocycles. The van der Waals surface area contributed by atoms with Crippen LogP contribution in [0.2, 0.25) is 23.3 Å². The lowest BCUT2D eigenvalue weighted by atomic mass is 9.98. The summed E-state index contributed by atoms with van der Waals surface area (Å²) in [5, 5.41) is 0.586. The maximum atomic E-state index is 12.2. The van der Waals surface area contributed by atoms with Crippen molar-refractivity contribution in [1.29, 1.82) is 0 Å². The lowest BCUT2D eigenvalue weighted by Crippen LogP contribution is -2.40. The normalized spacial score (nSPS) is 12.3. The third-order valence-electron chi connectivity index (χ3n) is 7.09. The fourth-order valence-corrected chi connectivity index (χ4v) is 4.91. The number of rotatable bonds is 10. The van der Waals surface area contributed by atoms with Gasteiger partial charge in [0.25, 0.3) is 0 Å². The van der Waals surface area contributed by atoms with Gasteiger partial charge in [-0.1, -0.05) is 94.3 Å². The summed E-state index contributed by atoms with van der Waals surface area (Å²) in [6, 6.07) is 15.7. The Kier molecular flexibility index (Phi) is 9.56. The predicted octanol–water partition coefficient (Wildman–Crippen LogP) is 8.37. The SMILES string of the molecule is CCC/C=C\c1nc(Cl)c(CO[Si](C)(C)C(C)(C)C)n1Cc1ccc(-c2ccccc2C(=O)OC)cc1. The van der Waals surface area contributed by atoms with E-state index in [1.807, 2.05) is 36.4 Å². The van der Waals surface area contributed by atoms with Crippen LogP contribution in [0.3, 0.4) is 0 Å². The van der Waals surface area contributed by atoms with Crippen molar-refractivity contribution in [3.63, 3.8) is 0 Å². The molecule has 0 aliphatic carbocycles. The molecule has 0 spiro atoms. The Balaban J connectivity index is 1.93. The Morgan fingerprint density at radius 3 is 2.41 bits per heavy atom. The van der Waals surface area contributed by atoms with Gasteiger partial charge in [0.2, 0.25) is 0 Å². The largest absolute Gasteiger partial charge is 0.465 e. The number of hydrogen-bond acceptors (Lipinski definition) is 4. The smallest absolute Gasteiger partial charge is 0.338 e. The van der Waals surface area contributed by atoms with E-state index in [-0.39, 0.29) is 11.0 Å². The number of benzene rings is 2. The lowest BCUT2D eigenvalue weighted by Gasteiger charge is -2.36. The first-order chi connectivity index (χ1) is 17.5. The number of imidazole rings is 1. The van der Waals surface area contributed by atoms with E-state index in [1.54, 1.807) is 6.07 Å². The van der Waals surface area contributed by atoms with Gasteiger partial charge in [-0.2, -0.15) is 0 Å². The molecule has 1 heterocycles. The number of ether oxygens (including phenoxy) is 1. The minimum atomic E-state index is -1.97. The number of nitrogens with zero attached hydrogens (tertiary/aromatic N) is 2. The average Bonchev–Trinajstić information content (AvgIpc) is 3.16. The van der Waals surface area contributed by atoms with E-state index in [1.165, 1.54) is 7.11 Å². The first-order valence-corrected chi connectivity index (χ1v) is 16.1. The zero-order chi connectivity index (χ0) is 27.2. The standard InChI is InChI=1S/C30H39ClN2O3Si/c1-8-9-10-15-27-32-28(31)26(21-36-37(6,7)30(2,3)4)33(27)20-22-16-18-23(19-17-22)24-13-11-12-14-25(24)29(34)35-5/h10-19H,8-9,20-21H2,1-7H3/b15-10-. The lowest BCUT2D eigenvalue weighted by molar-refractivity contribution is 0.0601. The summed E-state index contributed by atoms with van der Waals surface area (Å²) in [6.07, 6.45) is 6.24. The van der Waals surface area contributed by atoms with Crippen LogP contribution in [0.4, 0.5) is 0 Å². The molecule has 0 bridgehead atoms. The van der Waals surface area contributed by atoms with Gasteiger partial charge in [-0.3, -0.25) is 0 Å². The number of esters is 1. The van der Waals surface area contributed by atoms with Crippen molar-refractivity contribution in [3.8, 4) is 11.1 Å². The summed E-state index contributed by atoms with van der Waals surface area (Å²) in [4.78, 5) is 16.9. The van der Waals surface area contributed by atoms with Gasteiger partial charge in [0.1, 0.15) is 5.82 Å². The number of allylic oxidation sites excluding steroid dienone is 1. The summed E-state index contributed by atoms with van der Waals surface area (Å²) in [7, 11) is -0.566. The van der Waals surface area contributed by atoms with Crippen LogP contribution in [0.5, 0.6) is 0 Å². The summed E-state index contributed by atoms with van der Waals surface area (Å²) in [5.74, 6) is 0.481. The molecule has 0 N–H and O–H groups in total. The van der Waals surface area contributed by atoms with E-state index in [4.69, 9.17) is 20.8 Å². The molecule has 0 aliphatic rings. The molecule has 0 atom stereocenters. The fourth-order valence-electron chi connectivity index (χ4n) is 3.73. The van der Waals surface area contributed by atoms with Crippen LogP contribution < -0.4 is 0 Å². The van der Waals surface area contributed by atoms with Crippen molar-refractivity contribution in [2.45, 2.75) is 71.8 Å². The van der Waals surface area contributed by atoms with E-state index in [9.17, 15) is 4.79 Å². The fraction of sp³-hybridized carbons (Fsp3) is 0.400. The monoisotopic (exact) mass is 538 g/mol. The first-order valence-electron chi connectivity index (χ1n) is 12.8. The van der Waals surface area contributed by atoms with Crippen molar-refractivity contribution in [1.82, 2.24) is 9.55 Å². The van der Waals surface area contributed by atoms with Crippen molar-refractivity contribution < 1.29 is 14.0 Å². The molecule has 2 aromatic carbocycles. The zero-order valence-electron chi connectivity index (χ0n) is 23.1. The molecular formula is C30H39ClN2O3Si. The number of halogens is 1. The molecule has 7 heteroatoms. The molecule has 0 radical (unpaired) electrons. The second-order valence-electron chi connectivity index (χ2n) is 10.8. The molecule has 0 fully saturated rings. The summed E-state index contributed by atoms with van der Waals surface area (Å²) in [6.45, 7) is 14.4. The Bertz CT molecular complexity index is 1240. The Morgan fingerprint density at radius 2 is 1.78 bits per heavy atom. The first kappa shape index (κ1) is 28.9. The van der Waals surface area contributed by atoms with Gasteiger partial charge in [-0.15, -0.1) is 0 Å². The Morgan fingerprint density at radius 1 is 1.11 bits per heavy atom. The molecule has 0 saturated heterocycles. The molecule has 1 aromatic heterocycles. The van der Waals surface area contributed by atoms with Gasteiger partial charge in [0, 0.05) is 6.54 Å². The maximum Gasteiger partial charge on any atom is 0.338 e. The maximum absolute atomic E-state index is 12.2. The highest BCUT2D eigenvalue weighted by molar-refractivity contribution is 6.74. The van der Waals surface area contributed by atoms with Crippen LogP contribution in [0, 0.1) is 0 Å². The molecule has 37 heavy (non-hydrogen) atoms. The number of hydrogen-bond donors (Lipinski definition) is 0. The highest BCUT2D eigenvalue weighted by Gasteiger charge is 2.37. The molecule has 0 amide bonds. The van der Waals surface area contributed by atoms with Gasteiger partial charge >= 0.3 is 5.97 Å². The van der Waals surface area contributed by atoms with E-state index < -0.39 is 8.32 Å². The molecule has 198 valence electrons. The summed E-state index contributed by atoms with van der Waals surface area (Å²) < 4.78 is 13.6. The molecule has 5 nitrogen and oxygen atoms in total. The van der Waals surface area contributed by atoms with E-state index in [0.717, 1.165) is 41.1 Å². The number of methoxy groups -OCH3 is 1. The van der Waals surface area contributed by atoms with Crippen LogP contribution in [-0.4, -0.2) is 30.9 Å². The van der Waals surface area contributed by atoms with Crippen molar-refractivity contribution in [2.75, 3.05) is 7.11 Å². The highest BCUT2D eigenvalue weighted by atomic mass is 35.5. The van der Waals surface area contributed by atoms with E-state index in [2.05, 4.69) is 68.5 Å². The van der Waals surface area contributed by atoms with Gasteiger partial charge in [-0.05, 0) is 53.4 Å². The number of unbranched alkanes of at least 4 members (excludes halogenated alkanes) is 1. The zero-order valence-corrected chi connectivity index (χ0v) is 24.9. The van der Waals surface area contributed by atoms with Crippen LogP contribution in [-0.2, 0) is 22.3 Å². The van der Waals surface area contributed by atoms with Crippen LogP contribution in [0.25, 0.3) is 17.2 Å². The quantitative estimate of drug-likeness (QED) is 0.192. The third kappa shape index (κ3) is 7.01. The molecule has 0 saturated carbocycles. The van der Waals surface area contributed by atoms with Gasteiger partial charge in [0.15, 0.2) is 13.5 Å². The molecular weight excluding hydrogens is 500 g/mol. The van der Waals surface area contributed by atoms with Crippen molar-refractivity contribution in [2.24, 2.45) is 0 Å².